The van der Waals surface area contributed by atoms with Crippen LogP contribution in [-0.2, 0) is 14.6 Å². The highest BCUT2D eigenvalue weighted by atomic mass is 32.2. The molecule has 1 spiro atoms. The van der Waals surface area contributed by atoms with E-state index in [9.17, 15) is 13.2 Å². The maximum atomic E-state index is 11.7. The maximum Gasteiger partial charge on any atom is 0.233 e. The molecule has 3 aliphatic rings. The van der Waals surface area contributed by atoms with Gasteiger partial charge in [-0.15, -0.1) is 0 Å². The highest BCUT2D eigenvalue weighted by Gasteiger charge is 2.52. The normalized spacial score (nSPS) is 22.6. The molecule has 0 atom stereocenters. The lowest BCUT2D eigenvalue weighted by Crippen LogP contribution is -2.72. The molecule has 1 aromatic rings. The number of hydrogen-bond acceptors (Lipinski definition) is 6. The molecule has 1 amide bonds. The first-order chi connectivity index (χ1) is 14.2. The third kappa shape index (κ3) is 4.50. The minimum Gasteiger partial charge on any atom is -0.370 e. The van der Waals surface area contributed by atoms with Gasteiger partial charge >= 0.3 is 0 Å². The molecule has 8 heteroatoms. The fourth-order valence-electron chi connectivity index (χ4n) is 5.35. The standard InChI is InChI=1S/C22H34N4O3S/c1-17-10-19(30(3,28)29)4-5-20(17)26-15-22(16-26)13-25(14-22)11-18-6-8-24(9-7-18)12-21(27)23-2/h4-5,10,18H,6-9,11-16H2,1-3H3,(H,23,27). The van der Waals surface area contributed by atoms with E-state index in [0.717, 1.165) is 43.3 Å². The van der Waals surface area contributed by atoms with E-state index in [0.29, 0.717) is 16.9 Å². The smallest absolute Gasteiger partial charge is 0.233 e. The fourth-order valence-corrected chi connectivity index (χ4v) is 6.06. The molecule has 166 valence electrons. The topological polar surface area (TPSA) is 73.0 Å². The Morgan fingerprint density at radius 1 is 1.13 bits per heavy atom. The predicted molar refractivity (Wildman–Crippen MR) is 119 cm³/mol. The minimum atomic E-state index is -3.15. The van der Waals surface area contributed by atoms with Gasteiger partial charge in [0.05, 0.1) is 11.4 Å². The number of carbonyl (C=O) groups is 1. The van der Waals surface area contributed by atoms with Crippen molar-refractivity contribution in [2.24, 2.45) is 11.3 Å². The molecular weight excluding hydrogens is 400 g/mol. The van der Waals surface area contributed by atoms with Crippen LogP contribution < -0.4 is 10.2 Å². The Hall–Kier alpha value is -1.64. The van der Waals surface area contributed by atoms with E-state index in [2.05, 4.69) is 20.0 Å². The molecule has 0 unspecified atom stereocenters. The van der Waals surface area contributed by atoms with Crippen LogP contribution in [0.4, 0.5) is 5.69 Å². The van der Waals surface area contributed by atoms with Gasteiger partial charge in [-0.1, -0.05) is 0 Å². The molecular formula is C22H34N4O3S. The van der Waals surface area contributed by atoms with E-state index in [4.69, 9.17) is 0 Å². The zero-order chi connectivity index (χ0) is 21.5. The Labute approximate surface area is 180 Å². The zero-order valence-electron chi connectivity index (χ0n) is 18.4. The molecule has 0 aromatic heterocycles. The van der Waals surface area contributed by atoms with Gasteiger partial charge in [0.1, 0.15) is 0 Å². The van der Waals surface area contributed by atoms with E-state index < -0.39 is 9.84 Å². The largest absolute Gasteiger partial charge is 0.370 e. The summed E-state index contributed by atoms with van der Waals surface area (Å²) in [5.74, 6) is 0.846. The van der Waals surface area contributed by atoms with E-state index in [1.165, 1.54) is 38.7 Å². The number of hydrogen-bond donors (Lipinski definition) is 1. The molecule has 1 aromatic carbocycles. The lowest BCUT2D eigenvalue weighted by Gasteiger charge is -2.62. The molecule has 7 nitrogen and oxygen atoms in total. The molecule has 0 aliphatic carbocycles. The number of rotatable bonds is 6. The van der Waals surface area contributed by atoms with Crippen LogP contribution in [0.3, 0.4) is 0 Å². The van der Waals surface area contributed by atoms with Crippen LogP contribution in [0.1, 0.15) is 18.4 Å². The summed E-state index contributed by atoms with van der Waals surface area (Å²) in [6, 6.07) is 5.48. The molecule has 3 saturated heterocycles. The van der Waals surface area contributed by atoms with Crippen molar-refractivity contribution in [1.29, 1.82) is 0 Å². The number of carbonyl (C=O) groups excluding carboxylic acids is 1. The van der Waals surface area contributed by atoms with Crippen LogP contribution in [0.5, 0.6) is 0 Å². The second kappa shape index (κ2) is 8.13. The van der Waals surface area contributed by atoms with Crippen molar-refractivity contribution >= 4 is 21.4 Å². The molecule has 1 N–H and O–H groups in total. The number of anilines is 1. The molecule has 0 saturated carbocycles. The molecule has 3 aliphatic heterocycles. The van der Waals surface area contributed by atoms with Gasteiger partial charge in [0.15, 0.2) is 9.84 Å². The quantitative estimate of drug-likeness (QED) is 0.720. The third-order valence-electron chi connectivity index (χ3n) is 6.98. The highest BCUT2D eigenvalue weighted by molar-refractivity contribution is 7.90. The lowest BCUT2D eigenvalue weighted by molar-refractivity contribution is -0.122. The molecule has 0 radical (unpaired) electrons. The van der Waals surface area contributed by atoms with Crippen molar-refractivity contribution in [3.05, 3.63) is 23.8 Å². The summed E-state index contributed by atoms with van der Waals surface area (Å²) < 4.78 is 23.5. The van der Waals surface area contributed by atoms with Crippen LogP contribution >= 0.6 is 0 Å². The number of aryl methyl sites for hydroxylation is 1. The van der Waals surface area contributed by atoms with Gasteiger partial charge < -0.3 is 15.1 Å². The van der Waals surface area contributed by atoms with Gasteiger partial charge in [0, 0.05) is 57.1 Å². The Kier molecular flexibility index (Phi) is 5.85. The highest BCUT2D eigenvalue weighted by Crippen LogP contribution is 2.43. The predicted octanol–water partition coefficient (Wildman–Crippen LogP) is 0.979. The maximum absolute atomic E-state index is 11.7. The van der Waals surface area contributed by atoms with Gasteiger partial charge in [0.25, 0.3) is 0 Å². The number of nitrogens with zero attached hydrogens (tertiary/aromatic N) is 3. The van der Waals surface area contributed by atoms with E-state index in [1.54, 1.807) is 19.2 Å². The Bertz CT molecular complexity index is 895. The van der Waals surface area contributed by atoms with Crippen molar-refractivity contribution in [1.82, 2.24) is 15.1 Å². The minimum absolute atomic E-state index is 0.105. The van der Waals surface area contributed by atoms with E-state index >= 15 is 0 Å². The summed E-state index contributed by atoms with van der Waals surface area (Å²) in [6.45, 7) is 10.2. The molecule has 3 heterocycles. The first-order valence-corrected chi connectivity index (χ1v) is 12.8. The number of nitrogens with one attached hydrogen (secondary N) is 1. The summed E-state index contributed by atoms with van der Waals surface area (Å²) in [6.07, 6.45) is 3.62. The SMILES string of the molecule is CNC(=O)CN1CCC(CN2CC3(C2)CN(c2ccc(S(C)(=O)=O)cc2C)C3)CC1. The molecule has 4 rings (SSSR count). The summed E-state index contributed by atoms with van der Waals surface area (Å²) >= 11 is 0. The van der Waals surface area contributed by atoms with Crippen molar-refractivity contribution in [2.45, 2.75) is 24.7 Å². The van der Waals surface area contributed by atoms with Gasteiger partial charge in [-0.25, -0.2) is 8.42 Å². The lowest BCUT2D eigenvalue weighted by atomic mass is 9.72. The van der Waals surface area contributed by atoms with Gasteiger partial charge in [-0.05, 0) is 62.5 Å². The van der Waals surface area contributed by atoms with Crippen LogP contribution in [0, 0.1) is 18.3 Å². The monoisotopic (exact) mass is 434 g/mol. The molecule has 0 bridgehead atoms. The van der Waals surface area contributed by atoms with E-state index in [1.807, 2.05) is 13.0 Å². The molecule has 3 fully saturated rings. The summed E-state index contributed by atoms with van der Waals surface area (Å²) in [5.41, 5.74) is 2.62. The van der Waals surface area contributed by atoms with Crippen molar-refractivity contribution in [2.75, 3.05) is 70.6 Å². The van der Waals surface area contributed by atoms with Crippen LogP contribution in [0.2, 0.25) is 0 Å². The average Bonchev–Trinajstić information content (AvgIpc) is 2.63. The second-order valence-corrected chi connectivity index (χ2v) is 11.7. The molecule has 30 heavy (non-hydrogen) atoms. The van der Waals surface area contributed by atoms with Gasteiger partial charge in [-0.2, -0.15) is 0 Å². The number of amides is 1. The number of sulfone groups is 1. The number of likely N-dealkylation sites (N-methyl/N-ethyl adjacent to an activating group) is 1. The van der Waals surface area contributed by atoms with Crippen LogP contribution in [0.15, 0.2) is 23.1 Å². The summed E-state index contributed by atoms with van der Waals surface area (Å²) in [7, 11) is -1.46. The first kappa shape index (κ1) is 21.6. The second-order valence-electron chi connectivity index (χ2n) is 9.64. The Balaban J connectivity index is 1.21. The van der Waals surface area contributed by atoms with Crippen molar-refractivity contribution in [3.8, 4) is 0 Å². The Morgan fingerprint density at radius 2 is 1.80 bits per heavy atom. The third-order valence-corrected chi connectivity index (χ3v) is 8.09. The summed E-state index contributed by atoms with van der Waals surface area (Å²) in [5, 5.41) is 2.70. The van der Waals surface area contributed by atoms with Crippen molar-refractivity contribution < 1.29 is 13.2 Å². The van der Waals surface area contributed by atoms with E-state index in [-0.39, 0.29) is 5.91 Å². The van der Waals surface area contributed by atoms with Gasteiger partial charge in [0.2, 0.25) is 5.91 Å². The number of benzene rings is 1. The average molecular weight is 435 g/mol. The summed E-state index contributed by atoms with van der Waals surface area (Å²) in [4.78, 5) is 19.2. The number of likely N-dealkylation sites (tertiary alicyclic amines) is 2. The Morgan fingerprint density at radius 3 is 2.37 bits per heavy atom. The first-order valence-electron chi connectivity index (χ1n) is 10.9. The number of piperidine rings is 1. The van der Waals surface area contributed by atoms with Crippen LogP contribution in [0.25, 0.3) is 0 Å². The van der Waals surface area contributed by atoms with Crippen molar-refractivity contribution in [3.63, 3.8) is 0 Å². The van der Waals surface area contributed by atoms with Gasteiger partial charge in [-0.3, -0.25) is 9.69 Å². The van der Waals surface area contributed by atoms with Crippen LogP contribution in [-0.4, -0.2) is 89.8 Å². The zero-order valence-corrected chi connectivity index (χ0v) is 19.2. The fraction of sp³-hybridized carbons (Fsp3) is 0.682.